The van der Waals surface area contributed by atoms with E-state index in [1.54, 1.807) is 0 Å². The Morgan fingerprint density at radius 1 is 0.923 bits per heavy atom. The van der Waals surface area contributed by atoms with Gasteiger partial charge in [0, 0.05) is 8.84 Å². The van der Waals surface area contributed by atoms with Gasteiger partial charge < -0.3 is 0 Å². The van der Waals surface area contributed by atoms with E-state index in [-0.39, 0.29) is 22.7 Å². The zero-order valence-corrected chi connectivity index (χ0v) is 8.55. The topological polar surface area (TPSA) is 0 Å². The van der Waals surface area contributed by atoms with E-state index >= 15 is 0 Å². The maximum Gasteiger partial charge on any atom is 0.453 e. The summed E-state index contributed by atoms with van der Waals surface area (Å²) in [7, 11) is 0. The lowest BCUT2D eigenvalue weighted by Crippen LogP contribution is -2.73. The van der Waals surface area contributed by atoms with E-state index in [0.717, 1.165) is 0 Å². The summed E-state index contributed by atoms with van der Waals surface area (Å²) >= 11 is 1.97. The summed E-state index contributed by atoms with van der Waals surface area (Å²) in [6.07, 6.45) is -5.36. The molecule has 0 spiro atoms. The molecule has 13 heavy (non-hydrogen) atoms. The molecule has 3 fully saturated rings. The minimum Gasteiger partial charge on any atom is -0.196 e. The summed E-state index contributed by atoms with van der Waals surface area (Å²) in [5.74, 6) is -4.49. The summed E-state index contributed by atoms with van der Waals surface area (Å²) in [5, 5.41) is 0. The maximum atomic E-state index is 12.8. The molecule has 3 aliphatic rings. The van der Waals surface area contributed by atoms with Gasteiger partial charge in [0.15, 0.2) is 0 Å². The van der Waals surface area contributed by atoms with Crippen molar-refractivity contribution in [1.29, 1.82) is 0 Å². The van der Waals surface area contributed by atoms with Gasteiger partial charge in [0.05, 0.1) is 0 Å². The van der Waals surface area contributed by atoms with E-state index in [4.69, 9.17) is 0 Å². The fraction of sp³-hybridized carbons (Fsp3) is 1.00. The lowest BCUT2D eigenvalue weighted by Gasteiger charge is -2.69. The molecule has 0 radical (unpaired) electrons. The highest BCUT2D eigenvalue weighted by Gasteiger charge is 2.83. The molecular formula is C7H6F5I. The van der Waals surface area contributed by atoms with E-state index in [0.29, 0.717) is 0 Å². The number of halogens is 6. The Bertz CT molecular complexity index is 236. The van der Waals surface area contributed by atoms with Crippen LogP contribution < -0.4 is 0 Å². The van der Waals surface area contributed by atoms with E-state index in [1.165, 1.54) is 0 Å². The summed E-state index contributed by atoms with van der Waals surface area (Å²) in [6, 6.07) is 0. The van der Waals surface area contributed by atoms with Gasteiger partial charge in [0.25, 0.3) is 0 Å². The monoisotopic (exact) mass is 312 g/mol. The van der Waals surface area contributed by atoms with E-state index in [9.17, 15) is 22.0 Å². The van der Waals surface area contributed by atoms with Crippen LogP contribution in [0.1, 0.15) is 19.3 Å². The summed E-state index contributed by atoms with van der Waals surface area (Å²) in [5.41, 5.74) is -1.76. The molecule has 0 amide bonds. The number of hydrogen-bond donors (Lipinski definition) is 0. The van der Waals surface area contributed by atoms with Crippen molar-refractivity contribution in [3.05, 3.63) is 0 Å². The Hall–Kier alpha value is 0.380. The third-order valence-corrected chi connectivity index (χ3v) is 4.13. The molecule has 0 unspecified atom stereocenters. The lowest BCUT2D eigenvalue weighted by atomic mass is 9.42. The van der Waals surface area contributed by atoms with Gasteiger partial charge in [-0.05, 0) is 19.3 Å². The Kier molecular flexibility index (Phi) is 1.63. The number of rotatable bonds is 1. The molecule has 0 heterocycles. The molecular weight excluding hydrogens is 306 g/mol. The normalized spacial score (nSPS) is 43.8. The van der Waals surface area contributed by atoms with Crippen molar-refractivity contribution in [2.45, 2.75) is 34.8 Å². The average molecular weight is 312 g/mol. The smallest absolute Gasteiger partial charge is 0.196 e. The fourth-order valence-corrected chi connectivity index (χ4v) is 4.49. The van der Waals surface area contributed by atoms with Gasteiger partial charge in [-0.1, -0.05) is 22.6 Å². The second kappa shape index (κ2) is 2.14. The lowest BCUT2D eigenvalue weighted by molar-refractivity contribution is -0.371. The van der Waals surface area contributed by atoms with Crippen molar-refractivity contribution in [2.75, 3.05) is 0 Å². The molecule has 3 saturated carbocycles. The standard InChI is InChI=1S/C7H6F5I/c8-6(9,7(10,11)12)4-1-5(13,2-4)3-4/h1-3H2. The van der Waals surface area contributed by atoms with E-state index in [1.807, 2.05) is 22.6 Å². The molecule has 0 saturated heterocycles. The average Bonchev–Trinajstić information content (AvgIpc) is 1.75. The molecule has 6 heteroatoms. The second-order valence-electron chi connectivity index (χ2n) is 4.03. The molecule has 0 N–H and O–H groups in total. The largest absolute Gasteiger partial charge is 0.453 e. The Labute approximate surface area is 85.0 Å². The van der Waals surface area contributed by atoms with Crippen LogP contribution >= 0.6 is 22.6 Å². The van der Waals surface area contributed by atoms with Crippen LogP contribution in [0.25, 0.3) is 0 Å². The minimum atomic E-state index is -5.38. The van der Waals surface area contributed by atoms with Gasteiger partial charge in [-0.2, -0.15) is 22.0 Å². The highest BCUT2D eigenvalue weighted by molar-refractivity contribution is 14.1. The summed E-state index contributed by atoms with van der Waals surface area (Å²) < 4.78 is 61.3. The number of hydrogen-bond acceptors (Lipinski definition) is 0. The van der Waals surface area contributed by atoms with Crippen LogP contribution in [-0.2, 0) is 0 Å². The first kappa shape index (κ1) is 9.92. The van der Waals surface area contributed by atoms with Crippen LogP contribution in [-0.4, -0.2) is 15.5 Å². The van der Waals surface area contributed by atoms with Crippen molar-refractivity contribution in [2.24, 2.45) is 5.41 Å². The molecule has 0 aromatic carbocycles. The van der Waals surface area contributed by atoms with Crippen LogP contribution in [0.4, 0.5) is 22.0 Å². The molecule has 0 aromatic rings. The van der Waals surface area contributed by atoms with Gasteiger partial charge in [0.1, 0.15) is 0 Å². The van der Waals surface area contributed by atoms with Crippen LogP contribution in [0.15, 0.2) is 0 Å². The molecule has 3 aliphatic carbocycles. The maximum absolute atomic E-state index is 12.8. The van der Waals surface area contributed by atoms with Gasteiger partial charge in [-0.3, -0.25) is 0 Å². The highest BCUT2D eigenvalue weighted by Crippen LogP contribution is 2.78. The van der Waals surface area contributed by atoms with Gasteiger partial charge in [-0.25, -0.2) is 0 Å². The molecule has 0 aliphatic heterocycles. The van der Waals surface area contributed by atoms with Gasteiger partial charge >= 0.3 is 12.1 Å². The van der Waals surface area contributed by atoms with Crippen molar-refractivity contribution >= 4 is 22.6 Å². The third-order valence-electron chi connectivity index (χ3n) is 2.99. The Morgan fingerprint density at radius 2 is 1.31 bits per heavy atom. The highest BCUT2D eigenvalue weighted by atomic mass is 127. The molecule has 0 nitrogen and oxygen atoms in total. The SMILES string of the molecule is FC(F)(F)C(F)(F)C12CC(I)(C1)C2. The Morgan fingerprint density at radius 3 is 1.54 bits per heavy atom. The molecule has 0 atom stereocenters. The van der Waals surface area contributed by atoms with Crippen LogP contribution in [0.3, 0.4) is 0 Å². The first-order valence-corrected chi connectivity index (χ1v) is 4.83. The number of alkyl halides is 6. The first-order valence-electron chi connectivity index (χ1n) is 3.76. The van der Waals surface area contributed by atoms with Gasteiger partial charge in [0.2, 0.25) is 0 Å². The zero-order chi connectivity index (χ0) is 10.1. The second-order valence-corrected chi connectivity index (χ2v) is 6.32. The predicted octanol–water partition coefficient (Wildman–Crippen LogP) is 3.54. The van der Waals surface area contributed by atoms with Crippen LogP contribution in [0, 0.1) is 5.41 Å². The van der Waals surface area contributed by atoms with Crippen molar-refractivity contribution < 1.29 is 22.0 Å². The minimum absolute atomic E-state index is 0.00701. The molecule has 76 valence electrons. The quantitative estimate of drug-likeness (QED) is 0.395. The van der Waals surface area contributed by atoms with Crippen molar-refractivity contribution in [1.82, 2.24) is 0 Å². The van der Waals surface area contributed by atoms with Gasteiger partial charge in [-0.15, -0.1) is 0 Å². The third kappa shape index (κ3) is 1.01. The fourth-order valence-electron chi connectivity index (χ4n) is 2.30. The summed E-state index contributed by atoms with van der Waals surface area (Å²) in [4.78, 5) is 0. The van der Waals surface area contributed by atoms with Crippen molar-refractivity contribution in [3.63, 3.8) is 0 Å². The first-order chi connectivity index (χ1) is 5.62. The van der Waals surface area contributed by atoms with Crippen LogP contribution in [0.5, 0.6) is 0 Å². The van der Waals surface area contributed by atoms with Crippen molar-refractivity contribution in [3.8, 4) is 0 Å². The predicted molar refractivity (Wildman–Crippen MR) is 44.0 cm³/mol. The summed E-state index contributed by atoms with van der Waals surface area (Å²) in [6.45, 7) is 0. The Balaban J connectivity index is 2.19. The molecule has 0 aromatic heterocycles. The zero-order valence-electron chi connectivity index (χ0n) is 6.39. The van der Waals surface area contributed by atoms with Crippen LogP contribution in [0.2, 0.25) is 0 Å². The van der Waals surface area contributed by atoms with E-state index in [2.05, 4.69) is 0 Å². The molecule has 3 rings (SSSR count). The van der Waals surface area contributed by atoms with E-state index < -0.39 is 17.5 Å². The molecule has 2 bridgehead atoms.